The SMILES string of the molecule is Clc1cc(Br)cc2c1N1Cc3cc(I)ccc3N(C2)C1. The molecule has 0 saturated heterocycles. The van der Waals surface area contributed by atoms with Gasteiger partial charge >= 0.3 is 0 Å². The van der Waals surface area contributed by atoms with Gasteiger partial charge in [0, 0.05) is 26.8 Å². The van der Waals surface area contributed by atoms with Crippen molar-refractivity contribution in [3.05, 3.63) is 54.5 Å². The van der Waals surface area contributed by atoms with Crippen molar-refractivity contribution < 1.29 is 0 Å². The van der Waals surface area contributed by atoms with Crippen LogP contribution in [0.3, 0.4) is 0 Å². The third-order valence-corrected chi connectivity index (χ3v) is 5.29. The lowest BCUT2D eigenvalue weighted by molar-refractivity contribution is 0.650. The molecule has 2 bridgehead atoms. The lowest BCUT2D eigenvalue weighted by Crippen LogP contribution is -2.46. The monoisotopic (exact) mass is 460 g/mol. The second-order valence-electron chi connectivity index (χ2n) is 5.21. The summed E-state index contributed by atoms with van der Waals surface area (Å²) in [4.78, 5) is 4.78. The van der Waals surface area contributed by atoms with Crippen molar-refractivity contribution in [3.63, 3.8) is 0 Å². The summed E-state index contributed by atoms with van der Waals surface area (Å²) in [6.45, 7) is 2.76. The first-order valence-corrected chi connectivity index (χ1v) is 8.63. The van der Waals surface area contributed by atoms with Crippen molar-refractivity contribution in [1.29, 1.82) is 0 Å². The number of fused-ring (bicyclic) bond motifs is 6. The van der Waals surface area contributed by atoms with E-state index in [4.69, 9.17) is 11.6 Å². The Kier molecular flexibility index (Phi) is 3.16. The van der Waals surface area contributed by atoms with Crippen LogP contribution in [0, 0.1) is 3.57 Å². The molecule has 5 heteroatoms. The molecule has 2 aromatic carbocycles. The Morgan fingerprint density at radius 1 is 1.05 bits per heavy atom. The first kappa shape index (κ1) is 13.2. The molecule has 2 aromatic rings. The third-order valence-electron chi connectivity index (χ3n) is 3.87. The van der Waals surface area contributed by atoms with Gasteiger partial charge in [0.2, 0.25) is 0 Å². The van der Waals surface area contributed by atoms with Gasteiger partial charge in [-0.15, -0.1) is 0 Å². The minimum absolute atomic E-state index is 0.836. The molecule has 0 aliphatic carbocycles. The average molecular weight is 462 g/mol. The van der Waals surface area contributed by atoms with E-state index in [2.05, 4.69) is 72.6 Å². The largest absolute Gasteiger partial charge is 0.349 e. The summed E-state index contributed by atoms with van der Waals surface area (Å²) in [5.74, 6) is 0. The van der Waals surface area contributed by atoms with E-state index in [9.17, 15) is 0 Å². The van der Waals surface area contributed by atoms with Gasteiger partial charge in [-0.1, -0.05) is 27.5 Å². The molecule has 0 aromatic heterocycles. The highest BCUT2D eigenvalue weighted by Crippen LogP contribution is 2.42. The number of hydrogen-bond acceptors (Lipinski definition) is 2. The van der Waals surface area contributed by atoms with E-state index in [1.165, 1.54) is 26.1 Å². The summed E-state index contributed by atoms with van der Waals surface area (Å²) >= 11 is 12.4. The number of benzene rings is 2. The summed E-state index contributed by atoms with van der Waals surface area (Å²) in [7, 11) is 0. The smallest absolute Gasteiger partial charge is 0.0910 e. The molecule has 0 saturated carbocycles. The summed E-state index contributed by atoms with van der Waals surface area (Å²) < 4.78 is 2.33. The van der Waals surface area contributed by atoms with E-state index in [1.54, 1.807) is 0 Å². The zero-order chi connectivity index (χ0) is 13.9. The maximum atomic E-state index is 6.46. The summed E-state index contributed by atoms with van der Waals surface area (Å²) in [5.41, 5.74) is 5.21. The van der Waals surface area contributed by atoms with Crippen molar-refractivity contribution in [3.8, 4) is 0 Å². The molecule has 20 heavy (non-hydrogen) atoms. The molecule has 0 atom stereocenters. The first-order chi connectivity index (χ1) is 9.61. The van der Waals surface area contributed by atoms with E-state index >= 15 is 0 Å². The van der Waals surface area contributed by atoms with Crippen LogP contribution in [0.25, 0.3) is 0 Å². The quantitative estimate of drug-likeness (QED) is 0.510. The molecule has 2 heterocycles. The maximum absolute atomic E-state index is 6.46. The molecular formula is C15H11BrClIN2. The molecule has 102 valence electrons. The minimum atomic E-state index is 0.836. The highest BCUT2D eigenvalue weighted by Gasteiger charge is 2.30. The molecule has 0 fully saturated rings. The van der Waals surface area contributed by atoms with Gasteiger partial charge in [0.05, 0.1) is 17.4 Å². The Labute approximate surface area is 145 Å². The van der Waals surface area contributed by atoms with E-state index in [0.717, 1.165) is 29.3 Å². The van der Waals surface area contributed by atoms with Crippen LogP contribution in [-0.2, 0) is 13.1 Å². The van der Waals surface area contributed by atoms with Gasteiger partial charge < -0.3 is 9.80 Å². The van der Waals surface area contributed by atoms with E-state index in [1.807, 2.05) is 6.07 Å². The molecule has 0 amide bonds. The zero-order valence-electron chi connectivity index (χ0n) is 10.5. The second-order valence-corrected chi connectivity index (χ2v) is 7.77. The Balaban J connectivity index is 1.86. The van der Waals surface area contributed by atoms with Crippen molar-refractivity contribution in [2.45, 2.75) is 13.1 Å². The van der Waals surface area contributed by atoms with Gasteiger partial charge in [0.1, 0.15) is 0 Å². The molecule has 0 radical (unpaired) electrons. The predicted octanol–water partition coefficient (Wildman–Crippen LogP) is 5.00. The van der Waals surface area contributed by atoms with Gasteiger partial charge in [-0.2, -0.15) is 0 Å². The lowest BCUT2D eigenvalue weighted by Gasteiger charge is -2.45. The van der Waals surface area contributed by atoms with Crippen LogP contribution in [0.15, 0.2) is 34.8 Å². The van der Waals surface area contributed by atoms with Gasteiger partial charge in [-0.25, -0.2) is 0 Å². The molecule has 0 unspecified atom stereocenters. The van der Waals surface area contributed by atoms with Gasteiger partial charge in [-0.3, -0.25) is 0 Å². The van der Waals surface area contributed by atoms with Crippen molar-refractivity contribution in [1.82, 2.24) is 0 Å². The van der Waals surface area contributed by atoms with Crippen LogP contribution in [0.5, 0.6) is 0 Å². The van der Waals surface area contributed by atoms with Gasteiger partial charge in [0.15, 0.2) is 0 Å². The Morgan fingerprint density at radius 2 is 1.85 bits per heavy atom. The molecule has 2 nitrogen and oxygen atoms in total. The fourth-order valence-electron chi connectivity index (χ4n) is 3.11. The topological polar surface area (TPSA) is 6.48 Å². The number of anilines is 2. The number of nitrogens with zero attached hydrogens (tertiary/aromatic N) is 2. The van der Waals surface area contributed by atoms with Crippen LogP contribution in [0.1, 0.15) is 11.1 Å². The number of halogens is 3. The van der Waals surface area contributed by atoms with Crippen LogP contribution in [0.4, 0.5) is 11.4 Å². The number of rotatable bonds is 0. The third kappa shape index (κ3) is 2.04. The molecule has 2 aliphatic rings. The average Bonchev–Trinajstić information content (AvgIpc) is 2.36. The van der Waals surface area contributed by atoms with Crippen LogP contribution in [-0.4, -0.2) is 6.67 Å². The minimum Gasteiger partial charge on any atom is -0.349 e. The number of hydrogen-bond donors (Lipinski definition) is 0. The Hall–Kier alpha value is -0.460. The zero-order valence-corrected chi connectivity index (χ0v) is 15.0. The second kappa shape index (κ2) is 4.78. The van der Waals surface area contributed by atoms with Gasteiger partial charge in [0.25, 0.3) is 0 Å². The highest BCUT2D eigenvalue weighted by molar-refractivity contribution is 14.1. The van der Waals surface area contributed by atoms with E-state index < -0.39 is 0 Å². The summed E-state index contributed by atoms with van der Waals surface area (Å²) in [6, 6.07) is 10.8. The van der Waals surface area contributed by atoms with Crippen molar-refractivity contribution >= 4 is 61.5 Å². The predicted molar refractivity (Wildman–Crippen MR) is 95.5 cm³/mol. The van der Waals surface area contributed by atoms with Crippen molar-refractivity contribution in [2.75, 3.05) is 16.5 Å². The molecule has 2 aliphatic heterocycles. The van der Waals surface area contributed by atoms with E-state index in [-0.39, 0.29) is 0 Å². The normalized spacial score (nSPS) is 15.9. The molecular weight excluding hydrogens is 450 g/mol. The summed E-state index contributed by atoms with van der Waals surface area (Å²) in [5, 5.41) is 0.836. The summed E-state index contributed by atoms with van der Waals surface area (Å²) in [6.07, 6.45) is 0. The molecule has 0 N–H and O–H groups in total. The standard InChI is InChI=1S/C15H11BrClIN2/c16-11-3-10-7-19-8-20(15(10)13(17)5-11)6-9-4-12(18)1-2-14(9)19/h1-5H,6-8H2. The van der Waals surface area contributed by atoms with Crippen LogP contribution in [0.2, 0.25) is 5.02 Å². The van der Waals surface area contributed by atoms with Crippen LogP contribution < -0.4 is 9.80 Å². The van der Waals surface area contributed by atoms with Crippen molar-refractivity contribution in [2.24, 2.45) is 0 Å². The van der Waals surface area contributed by atoms with E-state index in [0.29, 0.717) is 0 Å². The van der Waals surface area contributed by atoms with Gasteiger partial charge in [-0.05, 0) is 64.0 Å². The lowest BCUT2D eigenvalue weighted by atomic mass is 10.0. The highest BCUT2D eigenvalue weighted by atomic mass is 127. The first-order valence-electron chi connectivity index (χ1n) is 6.38. The fraction of sp³-hybridized carbons (Fsp3) is 0.200. The maximum Gasteiger partial charge on any atom is 0.0910 e. The fourth-order valence-corrected chi connectivity index (χ4v) is 4.66. The van der Waals surface area contributed by atoms with Crippen LogP contribution >= 0.6 is 50.1 Å². The Morgan fingerprint density at radius 3 is 2.70 bits per heavy atom. The Bertz CT molecular complexity index is 719. The molecule has 4 rings (SSSR count). The molecule has 0 spiro atoms.